The van der Waals surface area contributed by atoms with Gasteiger partial charge in [0.15, 0.2) is 5.15 Å². The molecular weight excluding hydrogens is 335 g/mol. The van der Waals surface area contributed by atoms with Crippen LogP contribution in [-0.2, 0) is 0 Å². The molecule has 2 nitrogen and oxygen atoms in total. The first-order chi connectivity index (χ1) is 10.6. The molecule has 0 saturated heterocycles. The molecule has 0 unspecified atom stereocenters. The number of hydrogen-bond donors (Lipinski definition) is 0. The third-order valence-electron chi connectivity index (χ3n) is 3.45. The Hall–Kier alpha value is -1.42. The number of rotatable bonds is 3. The second-order valence-corrected chi connectivity index (χ2v) is 6.60. The van der Waals surface area contributed by atoms with Crippen LogP contribution in [0.4, 0.5) is 0 Å². The molecule has 3 rings (SSSR count). The Morgan fingerprint density at radius 2 is 1.73 bits per heavy atom. The lowest BCUT2D eigenvalue weighted by atomic mass is 10.1. The molecule has 112 valence electrons. The molecule has 0 bridgehead atoms. The Balaban J connectivity index is 2.10. The normalized spacial score (nSPS) is 10.9. The van der Waals surface area contributed by atoms with E-state index in [1.807, 2.05) is 35.9 Å². The maximum atomic E-state index is 6.13. The first-order valence-corrected chi connectivity index (χ1v) is 8.73. The average molecular weight is 349 g/mol. The SMILES string of the molecule is CSc1ccc(-c2cc(Cl)nn2-c2ccc(Cl)c(C)c2)cc1. The molecule has 22 heavy (non-hydrogen) atoms. The zero-order chi connectivity index (χ0) is 15.7. The fourth-order valence-electron chi connectivity index (χ4n) is 2.28. The summed E-state index contributed by atoms with van der Waals surface area (Å²) in [6.07, 6.45) is 2.06. The molecule has 0 aliphatic carbocycles. The summed E-state index contributed by atoms with van der Waals surface area (Å²) in [5.74, 6) is 0. The van der Waals surface area contributed by atoms with Crippen molar-refractivity contribution in [1.29, 1.82) is 0 Å². The third kappa shape index (κ3) is 3.02. The Kier molecular flexibility index (Phi) is 4.48. The van der Waals surface area contributed by atoms with Gasteiger partial charge in [-0.3, -0.25) is 0 Å². The van der Waals surface area contributed by atoms with Gasteiger partial charge in [0.1, 0.15) is 0 Å². The van der Waals surface area contributed by atoms with Gasteiger partial charge in [0.25, 0.3) is 0 Å². The molecular formula is C17H14Cl2N2S. The summed E-state index contributed by atoms with van der Waals surface area (Å²) >= 11 is 14.0. The number of nitrogens with zero attached hydrogens (tertiary/aromatic N) is 2. The van der Waals surface area contributed by atoms with Crippen molar-refractivity contribution in [3.63, 3.8) is 0 Å². The van der Waals surface area contributed by atoms with E-state index in [-0.39, 0.29) is 0 Å². The number of hydrogen-bond acceptors (Lipinski definition) is 2. The molecule has 0 atom stereocenters. The molecule has 5 heteroatoms. The van der Waals surface area contributed by atoms with Crippen molar-refractivity contribution in [1.82, 2.24) is 9.78 Å². The molecule has 0 spiro atoms. The van der Waals surface area contributed by atoms with Gasteiger partial charge in [0, 0.05) is 21.5 Å². The van der Waals surface area contributed by atoms with Crippen LogP contribution in [0.25, 0.3) is 16.9 Å². The summed E-state index contributed by atoms with van der Waals surface area (Å²) in [5, 5.41) is 5.62. The molecule has 2 aromatic carbocycles. The summed E-state index contributed by atoms with van der Waals surface area (Å²) in [7, 11) is 0. The van der Waals surface area contributed by atoms with E-state index in [4.69, 9.17) is 23.2 Å². The van der Waals surface area contributed by atoms with Gasteiger partial charge in [0.2, 0.25) is 0 Å². The van der Waals surface area contributed by atoms with Crippen molar-refractivity contribution < 1.29 is 0 Å². The van der Waals surface area contributed by atoms with Gasteiger partial charge in [-0.2, -0.15) is 5.10 Å². The van der Waals surface area contributed by atoms with Crippen molar-refractivity contribution in [3.8, 4) is 16.9 Å². The van der Waals surface area contributed by atoms with E-state index in [9.17, 15) is 0 Å². The van der Waals surface area contributed by atoms with E-state index < -0.39 is 0 Å². The molecule has 0 saturated carbocycles. The lowest BCUT2D eigenvalue weighted by Gasteiger charge is -2.09. The molecule has 0 aliphatic rings. The van der Waals surface area contributed by atoms with Crippen LogP contribution in [0.3, 0.4) is 0 Å². The minimum atomic E-state index is 0.469. The van der Waals surface area contributed by atoms with E-state index in [0.29, 0.717) is 5.15 Å². The second-order valence-electron chi connectivity index (χ2n) is 4.93. The lowest BCUT2D eigenvalue weighted by molar-refractivity contribution is 0.887. The highest BCUT2D eigenvalue weighted by molar-refractivity contribution is 7.98. The van der Waals surface area contributed by atoms with Crippen LogP contribution in [0.1, 0.15) is 5.56 Å². The van der Waals surface area contributed by atoms with Crippen molar-refractivity contribution in [3.05, 3.63) is 64.3 Å². The van der Waals surface area contributed by atoms with Crippen molar-refractivity contribution in [2.75, 3.05) is 6.26 Å². The predicted molar refractivity (Wildman–Crippen MR) is 95.5 cm³/mol. The van der Waals surface area contributed by atoms with Gasteiger partial charge in [-0.25, -0.2) is 4.68 Å². The van der Waals surface area contributed by atoms with E-state index in [1.165, 1.54) is 4.90 Å². The quantitative estimate of drug-likeness (QED) is 0.550. The molecule has 0 aliphatic heterocycles. The molecule has 0 radical (unpaired) electrons. The number of aryl methyl sites for hydroxylation is 1. The van der Waals surface area contributed by atoms with Crippen LogP contribution >= 0.6 is 35.0 Å². The topological polar surface area (TPSA) is 17.8 Å². The molecule has 1 aromatic heterocycles. The van der Waals surface area contributed by atoms with Crippen LogP contribution in [-0.4, -0.2) is 16.0 Å². The van der Waals surface area contributed by atoms with Crippen molar-refractivity contribution in [2.24, 2.45) is 0 Å². The van der Waals surface area contributed by atoms with E-state index in [0.717, 1.165) is 27.5 Å². The standard InChI is InChI=1S/C17H14Cl2N2S/c1-11-9-13(5-8-15(11)18)21-16(10-17(19)20-21)12-3-6-14(22-2)7-4-12/h3-10H,1-2H3. The highest BCUT2D eigenvalue weighted by Crippen LogP contribution is 2.29. The fraction of sp³-hybridized carbons (Fsp3) is 0.118. The van der Waals surface area contributed by atoms with Gasteiger partial charge >= 0.3 is 0 Å². The molecule has 0 amide bonds. The van der Waals surface area contributed by atoms with Crippen molar-refractivity contribution >= 4 is 35.0 Å². The largest absolute Gasteiger partial charge is 0.232 e. The highest BCUT2D eigenvalue weighted by atomic mass is 35.5. The Labute approximate surface area is 144 Å². The van der Waals surface area contributed by atoms with Crippen LogP contribution in [0.5, 0.6) is 0 Å². The highest BCUT2D eigenvalue weighted by Gasteiger charge is 2.11. The lowest BCUT2D eigenvalue weighted by Crippen LogP contribution is -1.99. The molecule has 3 aromatic rings. The second kappa shape index (κ2) is 6.37. The number of thioether (sulfide) groups is 1. The monoisotopic (exact) mass is 348 g/mol. The maximum Gasteiger partial charge on any atom is 0.152 e. The zero-order valence-corrected chi connectivity index (χ0v) is 14.5. The van der Waals surface area contributed by atoms with Gasteiger partial charge in [-0.15, -0.1) is 11.8 Å². The third-order valence-corrected chi connectivity index (χ3v) is 4.80. The number of halogens is 2. The van der Waals surface area contributed by atoms with Gasteiger partial charge in [0.05, 0.1) is 11.4 Å². The number of benzene rings is 2. The van der Waals surface area contributed by atoms with Crippen LogP contribution in [0, 0.1) is 6.92 Å². The van der Waals surface area contributed by atoms with Gasteiger partial charge < -0.3 is 0 Å². The van der Waals surface area contributed by atoms with E-state index in [2.05, 4.69) is 35.6 Å². The predicted octanol–water partition coefficient (Wildman–Crippen LogP) is 5.88. The zero-order valence-electron chi connectivity index (χ0n) is 12.2. The minimum Gasteiger partial charge on any atom is -0.232 e. The Morgan fingerprint density at radius 1 is 1.00 bits per heavy atom. The van der Waals surface area contributed by atoms with E-state index in [1.54, 1.807) is 11.8 Å². The first-order valence-electron chi connectivity index (χ1n) is 6.75. The Bertz CT molecular complexity index is 810. The first kappa shape index (κ1) is 15.5. The Morgan fingerprint density at radius 3 is 2.36 bits per heavy atom. The van der Waals surface area contributed by atoms with Crippen LogP contribution < -0.4 is 0 Å². The summed E-state index contributed by atoms with van der Waals surface area (Å²) in [5.41, 5.74) is 3.98. The molecule has 0 N–H and O–H groups in total. The average Bonchev–Trinajstić information content (AvgIpc) is 2.92. The van der Waals surface area contributed by atoms with Gasteiger partial charge in [-0.1, -0.05) is 35.3 Å². The van der Waals surface area contributed by atoms with Crippen molar-refractivity contribution in [2.45, 2.75) is 11.8 Å². The summed E-state index contributed by atoms with van der Waals surface area (Å²) in [6, 6.07) is 16.1. The van der Waals surface area contributed by atoms with Crippen LogP contribution in [0.2, 0.25) is 10.2 Å². The summed E-state index contributed by atoms with van der Waals surface area (Å²) in [4.78, 5) is 1.23. The molecule has 0 fully saturated rings. The fourth-order valence-corrected chi connectivity index (χ4v) is 2.98. The number of aromatic nitrogens is 2. The smallest absolute Gasteiger partial charge is 0.152 e. The maximum absolute atomic E-state index is 6.13. The van der Waals surface area contributed by atoms with Crippen LogP contribution in [0.15, 0.2) is 53.4 Å². The summed E-state index contributed by atoms with van der Waals surface area (Å²) in [6.45, 7) is 1.98. The summed E-state index contributed by atoms with van der Waals surface area (Å²) < 4.78 is 1.85. The van der Waals surface area contributed by atoms with E-state index >= 15 is 0 Å². The molecule has 1 heterocycles. The minimum absolute atomic E-state index is 0.469. The van der Waals surface area contributed by atoms with Gasteiger partial charge in [-0.05, 0) is 49.1 Å².